The van der Waals surface area contributed by atoms with Crippen LogP contribution in [0.25, 0.3) is 0 Å². The van der Waals surface area contributed by atoms with Crippen LogP contribution in [0.15, 0.2) is 78.3 Å². The maximum Gasteiger partial charge on any atom is 0.255 e. The molecular formula is C30H30FN5O3. The Kier molecular flexibility index (Phi) is 7.31. The summed E-state index contributed by atoms with van der Waals surface area (Å²) in [6.07, 6.45) is 1.46. The number of rotatable bonds is 8. The van der Waals surface area contributed by atoms with Gasteiger partial charge in [0.25, 0.3) is 5.91 Å². The molecule has 2 heterocycles. The number of carbonyl (C=O) groups is 1. The molecule has 8 nitrogen and oxygen atoms in total. The predicted octanol–water partition coefficient (Wildman–Crippen LogP) is 5.94. The van der Waals surface area contributed by atoms with Gasteiger partial charge < -0.3 is 20.1 Å². The Hall–Kier alpha value is -4.66. The van der Waals surface area contributed by atoms with E-state index >= 15 is 0 Å². The fourth-order valence-electron chi connectivity index (χ4n) is 4.66. The van der Waals surface area contributed by atoms with Crippen molar-refractivity contribution in [1.82, 2.24) is 14.8 Å². The van der Waals surface area contributed by atoms with E-state index in [1.165, 1.54) is 18.5 Å². The molecule has 0 spiro atoms. The number of benzene rings is 3. The van der Waals surface area contributed by atoms with Crippen LogP contribution in [-0.4, -0.2) is 27.3 Å². The fraction of sp³-hybridized carbons (Fsp3) is 0.233. The van der Waals surface area contributed by atoms with Gasteiger partial charge in [-0.3, -0.25) is 4.79 Å². The number of amides is 1. The minimum atomic E-state index is -0.556. The first kappa shape index (κ1) is 26.0. The van der Waals surface area contributed by atoms with Crippen molar-refractivity contribution in [2.45, 2.75) is 40.3 Å². The molecule has 1 amide bonds. The van der Waals surface area contributed by atoms with Crippen molar-refractivity contribution in [2.24, 2.45) is 0 Å². The second kappa shape index (κ2) is 11.0. The van der Waals surface area contributed by atoms with Gasteiger partial charge in [-0.25, -0.2) is 9.07 Å². The summed E-state index contributed by atoms with van der Waals surface area (Å²) in [7, 11) is 0. The van der Waals surface area contributed by atoms with Gasteiger partial charge in [0.2, 0.25) is 5.95 Å². The van der Waals surface area contributed by atoms with Crippen LogP contribution in [0.2, 0.25) is 0 Å². The number of ether oxygens (including phenoxy) is 2. The van der Waals surface area contributed by atoms with E-state index in [0.717, 1.165) is 27.9 Å². The second-order valence-electron chi connectivity index (χ2n) is 9.42. The van der Waals surface area contributed by atoms with Crippen molar-refractivity contribution < 1.29 is 18.7 Å². The standard InChI is InChI=1S/C30H30FN5O3/c1-5-38-26-15-22(9-13-25(26)39-16-21-7-10-23(31)11-8-21)28-27(20(4)34-30-32-17-33-36(28)30)29(37)35-24-12-6-18(2)14-19(24)3/h6-15,17,28H,5,16H2,1-4H3,(H,35,37)(H,32,33,34)/t28-/m1/s1. The number of halogens is 1. The van der Waals surface area contributed by atoms with Gasteiger partial charge in [-0.15, -0.1) is 0 Å². The van der Waals surface area contributed by atoms with Crippen molar-refractivity contribution in [2.75, 3.05) is 17.2 Å². The zero-order chi connectivity index (χ0) is 27.5. The minimum absolute atomic E-state index is 0.243. The topological polar surface area (TPSA) is 90.3 Å². The number of hydrogen-bond donors (Lipinski definition) is 2. The highest BCUT2D eigenvalue weighted by Gasteiger charge is 2.34. The molecule has 0 fully saturated rings. The molecule has 0 aliphatic carbocycles. The molecular weight excluding hydrogens is 497 g/mol. The summed E-state index contributed by atoms with van der Waals surface area (Å²) in [5, 5.41) is 10.7. The SMILES string of the molecule is CCOc1cc([C@@H]2C(C(=O)Nc3ccc(C)cc3C)=C(C)Nc3ncnn32)ccc1OCc1ccc(F)cc1. The smallest absolute Gasteiger partial charge is 0.255 e. The molecule has 0 saturated carbocycles. The van der Waals surface area contributed by atoms with Gasteiger partial charge in [-0.2, -0.15) is 10.1 Å². The number of nitrogens with zero attached hydrogens (tertiary/aromatic N) is 3. The molecule has 200 valence electrons. The lowest BCUT2D eigenvalue weighted by Crippen LogP contribution is -2.31. The largest absolute Gasteiger partial charge is 0.490 e. The van der Waals surface area contributed by atoms with E-state index in [1.807, 2.05) is 64.1 Å². The van der Waals surface area contributed by atoms with E-state index in [2.05, 4.69) is 20.7 Å². The van der Waals surface area contributed by atoms with E-state index in [-0.39, 0.29) is 18.3 Å². The lowest BCUT2D eigenvalue weighted by atomic mass is 9.94. The number of allylic oxidation sites excluding steroid dienone is 1. The van der Waals surface area contributed by atoms with Crippen molar-refractivity contribution in [3.8, 4) is 11.5 Å². The molecule has 0 bridgehead atoms. The number of nitrogens with one attached hydrogen (secondary N) is 2. The Morgan fingerprint density at radius 3 is 2.56 bits per heavy atom. The summed E-state index contributed by atoms with van der Waals surface area (Å²) < 4.78 is 26.9. The molecule has 3 aromatic carbocycles. The van der Waals surface area contributed by atoms with Crippen LogP contribution in [0, 0.1) is 19.7 Å². The van der Waals surface area contributed by atoms with Gasteiger partial charge in [-0.1, -0.05) is 35.9 Å². The van der Waals surface area contributed by atoms with Gasteiger partial charge in [-0.05, 0) is 74.7 Å². The third-order valence-corrected chi connectivity index (χ3v) is 6.56. The number of fused-ring (bicyclic) bond motifs is 1. The first-order valence-corrected chi connectivity index (χ1v) is 12.7. The molecule has 4 aromatic rings. The highest BCUT2D eigenvalue weighted by atomic mass is 19.1. The average molecular weight is 528 g/mol. The second-order valence-corrected chi connectivity index (χ2v) is 9.42. The van der Waals surface area contributed by atoms with Crippen molar-refractivity contribution in [3.63, 3.8) is 0 Å². The van der Waals surface area contributed by atoms with Crippen molar-refractivity contribution >= 4 is 17.5 Å². The zero-order valence-corrected chi connectivity index (χ0v) is 22.3. The van der Waals surface area contributed by atoms with Crippen LogP contribution in [0.4, 0.5) is 16.0 Å². The third kappa shape index (κ3) is 5.47. The Labute approximate surface area is 226 Å². The average Bonchev–Trinajstić information content (AvgIpc) is 3.38. The lowest BCUT2D eigenvalue weighted by molar-refractivity contribution is -0.113. The van der Waals surface area contributed by atoms with E-state index in [0.29, 0.717) is 35.3 Å². The van der Waals surface area contributed by atoms with Crippen LogP contribution in [0.1, 0.15) is 42.1 Å². The Balaban J connectivity index is 1.49. The summed E-state index contributed by atoms with van der Waals surface area (Å²) in [5.41, 5.74) is 5.64. The van der Waals surface area contributed by atoms with Crippen molar-refractivity contribution in [3.05, 3.63) is 106 Å². The molecule has 39 heavy (non-hydrogen) atoms. The van der Waals surface area contributed by atoms with Crippen LogP contribution in [-0.2, 0) is 11.4 Å². The van der Waals surface area contributed by atoms with Crippen LogP contribution < -0.4 is 20.1 Å². The number of aryl methyl sites for hydroxylation is 2. The van der Waals surface area contributed by atoms with E-state index in [4.69, 9.17) is 9.47 Å². The lowest BCUT2D eigenvalue weighted by Gasteiger charge is -2.29. The predicted molar refractivity (Wildman–Crippen MR) is 147 cm³/mol. The maximum atomic E-state index is 13.7. The maximum absolute atomic E-state index is 13.7. The molecule has 0 radical (unpaired) electrons. The van der Waals surface area contributed by atoms with Crippen LogP contribution in [0.3, 0.4) is 0 Å². The minimum Gasteiger partial charge on any atom is -0.490 e. The summed E-state index contributed by atoms with van der Waals surface area (Å²) >= 11 is 0. The molecule has 1 aliphatic heterocycles. The summed E-state index contributed by atoms with van der Waals surface area (Å²) in [4.78, 5) is 18.1. The summed E-state index contributed by atoms with van der Waals surface area (Å²) in [6, 6.07) is 17.1. The first-order valence-electron chi connectivity index (χ1n) is 12.7. The normalized spacial score (nSPS) is 14.4. The first-order chi connectivity index (χ1) is 18.8. The van der Waals surface area contributed by atoms with Crippen molar-refractivity contribution in [1.29, 1.82) is 0 Å². The molecule has 0 saturated heterocycles. The number of carbonyl (C=O) groups excluding carboxylic acids is 1. The monoisotopic (exact) mass is 527 g/mol. The Morgan fingerprint density at radius 2 is 1.82 bits per heavy atom. The van der Waals surface area contributed by atoms with Gasteiger partial charge in [0.15, 0.2) is 11.5 Å². The zero-order valence-electron chi connectivity index (χ0n) is 22.3. The van der Waals surface area contributed by atoms with Gasteiger partial charge in [0, 0.05) is 11.4 Å². The fourth-order valence-corrected chi connectivity index (χ4v) is 4.66. The molecule has 9 heteroatoms. The summed E-state index contributed by atoms with van der Waals surface area (Å²) in [5.74, 6) is 1.07. The molecule has 1 aromatic heterocycles. The highest BCUT2D eigenvalue weighted by Crippen LogP contribution is 2.39. The molecule has 0 unspecified atom stereocenters. The van der Waals surface area contributed by atoms with Gasteiger partial charge in [0.1, 0.15) is 24.8 Å². The molecule has 5 rings (SSSR count). The van der Waals surface area contributed by atoms with Gasteiger partial charge in [0.05, 0.1) is 12.2 Å². The highest BCUT2D eigenvalue weighted by molar-refractivity contribution is 6.06. The van der Waals surface area contributed by atoms with Crippen LogP contribution >= 0.6 is 0 Å². The summed E-state index contributed by atoms with van der Waals surface area (Å²) in [6.45, 7) is 8.40. The molecule has 1 aliphatic rings. The molecule has 1 atom stereocenters. The van der Waals surface area contributed by atoms with E-state index < -0.39 is 6.04 Å². The quantitative estimate of drug-likeness (QED) is 0.295. The van der Waals surface area contributed by atoms with E-state index in [1.54, 1.807) is 16.8 Å². The third-order valence-electron chi connectivity index (χ3n) is 6.56. The number of anilines is 2. The Morgan fingerprint density at radius 1 is 1.03 bits per heavy atom. The van der Waals surface area contributed by atoms with Crippen LogP contribution in [0.5, 0.6) is 11.5 Å². The number of aromatic nitrogens is 3. The van der Waals surface area contributed by atoms with E-state index in [9.17, 15) is 9.18 Å². The van der Waals surface area contributed by atoms with Gasteiger partial charge >= 0.3 is 0 Å². The Bertz CT molecular complexity index is 1540. The number of hydrogen-bond acceptors (Lipinski definition) is 6. The molecule has 2 N–H and O–H groups in total.